The number of allylic oxidation sites excluding steroid dienone is 2. The van der Waals surface area contributed by atoms with Crippen LogP contribution in [0.5, 0.6) is 0 Å². The van der Waals surface area contributed by atoms with E-state index in [1.54, 1.807) is 0 Å². The Balaban J connectivity index is 4.08. The van der Waals surface area contributed by atoms with Crippen LogP contribution in [0.15, 0.2) is 11.6 Å². The van der Waals surface area contributed by atoms with Crippen molar-refractivity contribution < 1.29 is 0 Å². The summed E-state index contributed by atoms with van der Waals surface area (Å²) < 4.78 is 0. The van der Waals surface area contributed by atoms with Gasteiger partial charge in [-0.3, -0.25) is 0 Å². The van der Waals surface area contributed by atoms with Crippen LogP contribution in [0.3, 0.4) is 0 Å². The summed E-state index contributed by atoms with van der Waals surface area (Å²) in [5.74, 6) is 0.639. The van der Waals surface area contributed by atoms with Crippen LogP contribution in [0.2, 0.25) is 0 Å². The van der Waals surface area contributed by atoms with Crippen molar-refractivity contribution >= 4 is 5.71 Å². The Hall–Kier alpha value is -0.590. The summed E-state index contributed by atoms with van der Waals surface area (Å²) in [6.45, 7) is 8.34. The fourth-order valence-corrected chi connectivity index (χ4v) is 1.13. The van der Waals surface area contributed by atoms with Gasteiger partial charge in [0, 0.05) is 12.1 Å². The molecular weight excluding hydrogens is 134 g/mol. The largest absolute Gasteiger partial charge is 0.310 e. The van der Waals surface area contributed by atoms with Crippen LogP contribution < -0.4 is 0 Å². The van der Waals surface area contributed by atoms with E-state index in [0.29, 0.717) is 5.92 Å². The molecular formula is C10H19N. The first-order chi connectivity index (χ1) is 5.11. The third-order valence-corrected chi connectivity index (χ3v) is 2.09. The first-order valence-corrected chi connectivity index (χ1v) is 4.30. The summed E-state index contributed by atoms with van der Waals surface area (Å²) in [6.07, 6.45) is 4.17. The average Bonchev–Trinajstić information content (AvgIpc) is 1.98. The molecule has 1 nitrogen and oxygen atoms in total. The molecule has 0 spiro atoms. The SMILES string of the molecule is C/C=C(/CC(C)=N)C(C)CC. The third kappa shape index (κ3) is 3.97. The molecule has 0 rings (SSSR count). The van der Waals surface area contributed by atoms with E-state index in [4.69, 9.17) is 5.41 Å². The third-order valence-electron chi connectivity index (χ3n) is 2.09. The Morgan fingerprint density at radius 3 is 2.36 bits per heavy atom. The highest BCUT2D eigenvalue weighted by molar-refractivity contribution is 5.81. The smallest absolute Gasteiger partial charge is 0.00987 e. The summed E-state index contributed by atoms with van der Waals surface area (Å²) in [6, 6.07) is 0. The van der Waals surface area contributed by atoms with Gasteiger partial charge in [-0.25, -0.2) is 0 Å². The van der Waals surface area contributed by atoms with Gasteiger partial charge in [-0.2, -0.15) is 0 Å². The molecule has 0 amide bonds. The molecule has 0 saturated carbocycles. The van der Waals surface area contributed by atoms with Gasteiger partial charge in [0.1, 0.15) is 0 Å². The first kappa shape index (κ1) is 10.4. The fourth-order valence-electron chi connectivity index (χ4n) is 1.13. The van der Waals surface area contributed by atoms with Crippen molar-refractivity contribution in [3.05, 3.63) is 11.6 Å². The Labute approximate surface area is 70.0 Å². The van der Waals surface area contributed by atoms with E-state index < -0.39 is 0 Å². The molecule has 1 unspecified atom stereocenters. The topological polar surface area (TPSA) is 23.9 Å². The van der Waals surface area contributed by atoms with E-state index in [0.717, 1.165) is 12.1 Å². The first-order valence-electron chi connectivity index (χ1n) is 4.30. The van der Waals surface area contributed by atoms with Gasteiger partial charge < -0.3 is 5.41 Å². The lowest BCUT2D eigenvalue weighted by Gasteiger charge is -2.12. The molecule has 0 aromatic carbocycles. The van der Waals surface area contributed by atoms with Crippen molar-refractivity contribution in [2.24, 2.45) is 5.92 Å². The molecule has 0 aromatic rings. The zero-order valence-electron chi connectivity index (χ0n) is 8.07. The van der Waals surface area contributed by atoms with Crippen molar-refractivity contribution in [2.45, 2.75) is 40.5 Å². The van der Waals surface area contributed by atoms with Gasteiger partial charge in [0.2, 0.25) is 0 Å². The van der Waals surface area contributed by atoms with Gasteiger partial charge >= 0.3 is 0 Å². The molecule has 0 aliphatic rings. The lowest BCUT2D eigenvalue weighted by molar-refractivity contribution is 0.644. The summed E-state index contributed by atoms with van der Waals surface area (Å²) in [5, 5.41) is 7.36. The van der Waals surface area contributed by atoms with Crippen molar-refractivity contribution in [3.8, 4) is 0 Å². The molecule has 0 heterocycles. The summed E-state index contributed by atoms with van der Waals surface area (Å²) in [7, 11) is 0. The van der Waals surface area contributed by atoms with Crippen LogP contribution in [0.4, 0.5) is 0 Å². The number of rotatable bonds is 4. The van der Waals surface area contributed by atoms with Crippen LogP contribution in [0.1, 0.15) is 40.5 Å². The molecule has 0 aliphatic heterocycles. The van der Waals surface area contributed by atoms with Crippen LogP contribution in [0, 0.1) is 11.3 Å². The van der Waals surface area contributed by atoms with Crippen molar-refractivity contribution in [1.82, 2.24) is 0 Å². The lowest BCUT2D eigenvalue weighted by Crippen LogP contribution is -2.01. The molecule has 0 fully saturated rings. The van der Waals surface area contributed by atoms with Crippen molar-refractivity contribution in [1.29, 1.82) is 5.41 Å². The molecule has 64 valence electrons. The molecule has 0 aliphatic carbocycles. The maximum atomic E-state index is 7.36. The number of hydrogen-bond acceptors (Lipinski definition) is 1. The van der Waals surface area contributed by atoms with E-state index in [1.165, 1.54) is 12.0 Å². The van der Waals surface area contributed by atoms with Crippen molar-refractivity contribution in [2.75, 3.05) is 0 Å². The van der Waals surface area contributed by atoms with Gasteiger partial charge in [0.25, 0.3) is 0 Å². The van der Waals surface area contributed by atoms with Crippen LogP contribution >= 0.6 is 0 Å². The monoisotopic (exact) mass is 153 g/mol. The predicted octanol–water partition coefficient (Wildman–Crippen LogP) is 3.41. The van der Waals surface area contributed by atoms with Crippen LogP contribution in [-0.2, 0) is 0 Å². The highest BCUT2D eigenvalue weighted by atomic mass is 14.4. The summed E-state index contributed by atoms with van der Waals surface area (Å²) in [5.41, 5.74) is 2.17. The summed E-state index contributed by atoms with van der Waals surface area (Å²) in [4.78, 5) is 0. The molecule has 0 bridgehead atoms. The second-order valence-corrected chi connectivity index (χ2v) is 3.13. The van der Waals surface area contributed by atoms with Crippen molar-refractivity contribution in [3.63, 3.8) is 0 Å². The predicted molar refractivity (Wildman–Crippen MR) is 51.2 cm³/mol. The van der Waals surface area contributed by atoms with Crippen LogP contribution in [-0.4, -0.2) is 5.71 Å². The van der Waals surface area contributed by atoms with E-state index in [2.05, 4.69) is 26.8 Å². The second-order valence-electron chi connectivity index (χ2n) is 3.13. The Kier molecular flexibility index (Phi) is 4.84. The molecule has 1 N–H and O–H groups in total. The average molecular weight is 153 g/mol. The van der Waals surface area contributed by atoms with E-state index in [-0.39, 0.29) is 0 Å². The molecule has 0 saturated heterocycles. The lowest BCUT2D eigenvalue weighted by atomic mass is 9.94. The maximum Gasteiger partial charge on any atom is 0.00987 e. The molecule has 11 heavy (non-hydrogen) atoms. The maximum absolute atomic E-state index is 7.36. The van der Waals surface area contributed by atoms with Gasteiger partial charge in [-0.05, 0) is 26.2 Å². The Morgan fingerprint density at radius 1 is 1.55 bits per heavy atom. The minimum absolute atomic E-state index is 0.639. The minimum atomic E-state index is 0.639. The standard InChI is InChI=1S/C10H19N/c1-5-8(3)10(6-2)7-9(4)11/h6,8,11H,5,7H2,1-4H3/b10-6-,11-9?. The zero-order valence-corrected chi connectivity index (χ0v) is 8.07. The number of hydrogen-bond donors (Lipinski definition) is 1. The van der Waals surface area contributed by atoms with Gasteiger partial charge in [-0.15, -0.1) is 0 Å². The van der Waals surface area contributed by atoms with Gasteiger partial charge in [0.05, 0.1) is 0 Å². The highest BCUT2D eigenvalue weighted by Gasteiger charge is 2.05. The Bertz CT molecular complexity index is 156. The second kappa shape index (κ2) is 5.11. The molecule has 0 aromatic heterocycles. The van der Waals surface area contributed by atoms with E-state index >= 15 is 0 Å². The normalized spacial score (nSPS) is 14.7. The number of nitrogens with one attached hydrogen (secondary N) is 1. The van der Waals surface area contributed by atoms with Gasteiger partial charge in [0.15, 0.2) is 0 Å². The zero-order chi connectivity index (χ0) is 8.85. The fraction of sp³-hybridized carbons (Fsp3) is 0.700. The van der Waals surface area contributed by atoms with E-state index in [1.807, 2.05) is 6.92 Å². The molecule has 1 atom stereocenters. The molecule has 1 heteroatoms. The highest BCUT2D eigenvalue weighted by Crippen LogP contribution is 2.17. The van der Waals surface area contributed by atoms with Crippen LogP contribution in [0.25, 0.3) is 0 Å². The van der Waals surface area contributed by atoms with Gasteiger partial charge in [-0.1, -0.05) is 25.5 Å². The summed E-state index contributed by atoms with van der Waals surface area (Å²) >= 11 is 0. The quantitative estimate of drug-likeness (QED) is 0.473. The van der Waals surface area contributed by atoms with E-state index in [9.17, 15) is 0 Å². The molecule has 0 radical (unpaired) electrons. The Morgan fingerprint density at radius 2 is 2.09 bits per heavy atom. The minimum Gasteiger partial charge on any atom is -0.310 e.